The Labute approximate surface area is 187 Å². The van der Waals surface area contributed by atoms with E-state index in [0.717, 1.165) is 49.5 Å². The van der Waals surface area contributed by atoms with Gasteiger partial charge in [0.05, 0.1) is 6.54 Å². The number of aliphatic imine (C=N–C) groups is 1. The molecule has 0 amide bonds. The quantitative estimate of drug-likeness (QED) is 0.355. The van der Waals surface area contributed by atoms with Gasteiger partial charge in [-0.2, -0.15) is 5.10 Å². The van der Waals surface area contributed by atoms with E-state index in [1.807, 2.05) is 7.05 Å². The van der Waals surface area contributed by atoms with Gasteiger partial charge in [-0.3, -0.25) is 4.99 Å². The van der Waals surface area contributed by atoms with Crippen LogP contribution in [0.25, 0.3) is 0 Å². The summed E-state index contributed by atoms with van der Waals surface area (Å²) in [5, 5.41) is 11.8. The van der Waals surface area contributed by atoms with E-state index in [1.165, 1.54) is 38.9 Å². The van der Waals surface area contributed by atoms with Gasteiger partial charge in [0.25, 0.3) is 0 Å². The summed E-state index contributed by atoms with van der Waals surface area (Å²) in [5.74, 6) is 4.23. The molecule has 1 unspecified atom stereocenters. The summed E-state index contributed by atoms with van der Waals surface area (Å²) in [6, 6.07) is 0.359. The van der Waals surface area contributed by atoms with Crippen molar-refractivity contribution >= 4 is 29.9 Å². The normalized spacial score (nSPS) is 21.3. The lowest BCUT2D eigenvalue weighted by atomic mass is 9.93. The van der Waals surface area contributed by atoms with E-state index in [0.29, 0.717) is 12.0 Å². The van der Waals surface area contributed by atoms with Gasteiger partial charge in [0, 0.05) is 32.0 Å². The van der Waals surface area contributed by atoms with Crippen molar-refractivity contribution in [3.05, 3.63) is 11.6 Å². The van der Waals surface area contributed by atoms with Crippen LogP contribution in [0.3, 0.4) is 0 Å². The average molecular weight is 503 g/mol. The van der Waals surface area contributed by atoms with Crippen molar-refractivity contribution in [1.29, 1.82) is 0 Å². The Hall–Kier alpha value is -0.900. The van der Waals surface area contributed by atoms with Crippen LogP contribution in [-0.2, 0) is 13.0 Å². The lowest BCUT2D eigenvalue weighted by Gasteiger charge is -2.31. The molecule has 160 valence electrons. The van der Waals surface area contributed by atoms with E-state index in [1.54, 1.807) is 0 Å². The first-order valence-electron chi connectivity index (χ1n) is 10.7. The van der Waals surface area contributed by atoms with Crippen molar-refractivity contribution in [2.45, 2.75) is 71.4 Å². The molecule has 1 aromatic heterocycles. The van der Waals surface area contributed by atoms with Crippen LogP contribution in [0.2, 0.25) is 0 Å². The molecule has 2 aliphatic heterocycles. The molecule has 3 heterocycles. The molecular formula is C20H38IN7. The maximum atomic E-state index is 4.67. The highest BCUT2D eigenvalue weighted by Crippen LogP contribution is 2.20. The van der Waals surface area contributed by atoms with Crippen molar-refractivity contribution in [2.75, 3.05) is 33.2 Å². The molecule has 1 saturated heterocycles. The Kier molecular flexibility index (Phi) is 9.46. The minimum Gasteiger partial charge on any atom is -0.356 e. The summed E-state index contributed by atoms with van der Waals surface area (Å²) >= 11 is 0. The highest BCUT2D eigenvalue weighted by Gasteiger charge is 2.23. The number of nitrogens with one attached hydrogen (secondary N) is 2. The Morgan fingerprint density at radius 1 is 1.25 bits per heavy atom. The summed E-state index contributed by atoms with van der Waals surface area (Å²) in [5.41, 5.74) is 0. The molecule has 2 aliphatic rings. The van der Waals surface area contributed by atoms with Gasteiger partial charge in [-0.1, -0.05) is 20.8 Å². The molecule has 3 rings (SSSR count). The largest absolute Gasteiger partial charge is 0.356 e. The number of rotatable bonds is 6. The summed E-state index contributed by atoms with van der Waals surface area (Å²) in [6.45, 7) is 12.1. The Balaban J connectivity index is 0.00000280. The lowest BCUT2D eigenvalue weighted by molar-refractivity contribution is 0.187. The second kappa shape index (κ2) is 11.3. The van der Waals surface area contributed by atoms with E-state index < -0.39 is 0 Å². The van der Waals surface area contributed by atoms with Crippen LogP contribution in [0.15, 0.2) is 4.99 Å². The standard InChI is InChI=1S/C20H37N7.HI/c1-5-26-12-9-16(10-13-26)8-11-22-20(21-4)23-17-6-7-18-24-19(15(2)3)25-27(18)14-17;/h15-17H,5-14H2,1-4H3,(H2,21,22,23);1H. The van der Waals surface area contributed by atoms with Crippen LogP contribution in [-0.4, -0.2) is 64.9 Å². The zero-order chi connectivity index (χ0) is 19.2. The fraction of sp³-hybridized carbons (Fsp3) is 0.850. The molecule has 0 saturated carbocycles. The second-order valence-electron chi connectivity index (χ2n) is 8.27. The van der Waals surface area contributed by atoms with Crippen LogP contribution in [0.5, 0.6) is 0 Å². The number of aromatic nitrogens is 3. The molecule has 1 fully saturated rings. The number of hydrogen-bond acceptors (Lipinski definition) is 4. The minimum atomic E-state index is 0. The maximum absolute atomic E-state index is 4.67. The molecular weight excluding hydrogens is 465 g/mol. The number of aryl methyl sites for hydroxylation is 1. The van der Waals surface area contributed by atoms with E-state index in [-0.39, 0.29) is 24.0 Å². The highest BCUT2D eigenvalue weighted by atomic mass is 127. The molecule has 7 nitrogen and oxygen atoms in total. The van der Waals surface area contributed by atoms with Gasteiger partial charge < -0.3 is 15.5 Å². The SMILES string of the molecule is CCN1CCC(CCNC(=NC)NC2CCc3nc(C(C)C)nn3C2)CC1.I. The first kappa shape index (κ1) is 23.4. The van der Waals surface area contributed by atoms with Crippen molar-refractivity contribution in [3.8, 4) is 0 Å². The predicted molar refractivity (Wildman–Crippen MR) is 126 cm³/mol. The molecule has 8 heteroatoms. The minimum absolute atomic E-state index is 0. The first-order valence-corrected chi connectivity index (χ1v) is 10.7. The van der Waals surface area contributed by atoms with Gasteiger partial charge in [0.1, 0.15) is 5.82 Å². The molecule has 1 aromatic rings. The monoisotopic (exact) mass is 503 g/mol. The van der Waals surface area contributed by atoms with Gasteiger partial charge in [0.2, 0.25) is 0 Å². The molecule has 0 bridgehead atoms. The lowest BCUT2D eigenvalue weighted by Crippen LogP contribution is -2.47. The fourth-order valence-electron chi connectivity index (χ4n) is 4.06. The van der Waals surface area contributed by atoms with E-state index in [4.69, 9.17) is 0 Å². The highest BCUT2D eigenvalue weighted by molar-refractivity contribution is 14.0. The maximum Gasteiger partial charge on any atom is 0.191 e. The third kappa shape index (κ3) is 6.30. The molecule has 2 N–H and O–H groups in total. The Morgan fingerprint density at radius 3 is 2.64 bits per heavy atom. The van der Waals surface area contributed by atoms with Gasteiger partial charge in [0.15, 0.2) is 11.8 Å². The van der Waals surface area contributed by atoms with E-state index in [2.05, 4.69) is 56.1 Å². The summed E-state index contributed by atoms with van der Waals surface area (Å²) < 4.78 is 2.07. The van der Waals surface area contributed by atoms with Crippen molar-refractivity contribution < 1.29 is 0 Å². The van der Waals surface area contributed by atoms with Crippen molar-refractivity contribution in [3.63, 3.8) is 0 Å². The predicted octanol–water partition coefficient (Wildman–Crippen LogP) is 2.62. The van der Waals surface area contributed by atoms with Crippen LogP contribution in [0.4, 0.5) is 0 Å². The Morgan fingerprint density at radius 2 is 2.00 bits per heavy atom. The van der Waals surface area contributed by atoms with E-state index >= 15 is 0 Å². The smallest absolute Gasteiger partial charge is 0.191 e. The number of hydrogen-bond donors (Lipinski definition) is 2. The number of guanidine groups is 1. The Bertz CT molecular complexity index is 620. The van der Waals surface area contributed by atoms with Crippen LogP contribution < -0.4 is 10.6 Å². The van der Waals surface area contributed by atoms with Crippen LogP contribution >= 0.6 is 24.0 Å². The van der Waals surface area contributed by atoms with Crippen molar-refractivity contribution in [2.24, 2.45) is 10.9 Å². The molecule has 0 aromatic carbocycles. The summed E-state index contributed by atoms with van der Waals surface area (Å²) in [7, 11) is 1.86. The number of nitrogens with zero attached hydrogens (tertiary/aromatic N) is 5. The molecule has 0 radical (unpaired) electrons. The van der Waals surface area contributed by atoms with E-state index in [9.17, 15) is 0 Å². The average Bonchev–Trinajstić information content (AvgIpc) is 3.11. The van der Waals surface area contributed by atoms with Gasteiger partial charge in [-0.05, 0) is 51.2 Å². The molecule has 28 heavy (non-hydrogen) atoms. The first-order chi connectivity index (χ1) is 13.1. The van der Waals surface area contributed by atoms with Crippen molar-refractivity contribution in [1.82, 2.24) is 30.3 Å². The summed E-state index contributed by atoms with van der Waals surface area (Å²) in [6.07, 6.45) is 5.94. The number of piperidine rings is 1. The third-order valence-electron chi connectivity index (χ3n) is 5.95. The number of likely N-dealkylation sites (tertiary alicyclic amines) is 1. The van der Waals surface area contributed by atoms with Gasteiger partial charge >= 0.3 is 0 Å². The number of fused-ring (bicyclic) bond motifs is 1. The zero-order valence-corrected chi connectivity index (χ0v) is 20.3. The summed E-state index contributed by atoms with van der Waals surface area (Å²) in [4.78, 5) is 11.6. The van der Waals surface area contributed by atoms with Gasteiger partial charge in [-0.15, -0.1) is 24.0 Å². The zero-order valence-electron chi connectivity index (χ0n) is 17.9. The molecule has 0 aliphatic carbocycles. The van der Waals surface area contributed by atoms with Crippen LogP contribution in [0.1, 0.15) is 64.0 Å². The van der Waals surface area contributed by atoms with Crippen LogP contribution in [0, 0.1) is 5.92 Å². The fourth-order valence-corrected chi connectivity index (χ4v) is 4.06. The van der Waals surface area contributed by atoms with Gasteiger partial charge in [-0.25, -0.2) is 9.67 Å². The molecule has 1 atom stereocenters. The second-order valence-corrected chi connectivity index (χ2v) is 8.27. The third-order valence-corrected chi connectivity index (χ3v) is 5.95. The number of halogens is 1. The molecule has 0 spiro atoms. The topological polar surface area (TPSA) is 70.4 Å².